The molecule has 0 bridgehead atoms. The number of aryl methyl sites for hydroxylation is 1. The first-order valence-corrected chi connectivity index (χ1v) is 7.56. The number of hydrogen-bond donors (Lipinski definition) is 1. The van der Waals surface area contributed by atoms with Crippen molar-refractivity contribution >= 4 is 52.5 Å². The van der Waals surface area contributed by atoms with Crippen LogP contribution in [-0.4, -0.2) is 26.4 Å². The summed E-state index contributed by atoms with van der Waals surface area (Å²) in [5.41, 5.74) is 1.34. The molecule has 2 rings (SSSR count). The number of thioether (sulfide) groups is 1. The lowest BCUT2D eigenvalue weighted by Crippen LogP contribution is -2.04. The van der Waals surface area contributed by atoms with Gasteiger partial charge >= 0.3 is 5.97 Å². The predicted molar refractivity (Wildman–Crippen MR) is 81.7 cm³/mol. The number of halogens is 3. The minimum atomic E-state index is -0.921. The molecule has 0 atom stereocenters. The lowest BCUT2D eigenvalue weighted by molar-refractivity contribution is -0.133. The quantitative estimate of drug-likeness (QED) is 0.834. The highest BCUT2D eigenvalue weighted by Gasteiger charge is 2.17. The molecule has 0 fully saturated rings. The van der Waals surface area contributed by atoms with Gasteiger partial charge in [-0.25, -0.2) is 4.98 Å². The molecule has 0 saturated heterocycles. The summed E-state index contributed by atoms with van der Waals surface area (Å²) in [5.74, 6) is -1.02. The van der Waals surface area contributed by atoms with Crippen LogP contribution in [0.2, 0.25) is 15.1 Å². The van der Waals surface area contributed by atoms with E-state index in [0.717, 1.165) is 17.5 Å². The number of aromatic nitrogens is 2. The van der Waals surface area contributed by atoms with Crippen LogP contribution in [0.15, 0.2) is 23.5 Å². The third-order valence-electron chi connectivity index (χ3n) is 2.44. The molecule has 20 heavy (non-hydrogen) atoms. The highest BCUT2D eigenvalue weighted by molar-refractivity contribution is 7.99. The highest BCUT2D eigenvalue weighted by atomic mass is 35.5. The standard InChI is InChI=1S/C12H9Cl3N2O2S/c1-6-4-16-12(20-5-10(18)19)17(6)11-8(14)2-7(13)3-9(11)15/h2-4H,5H2,1H3,(H,18,19). The van der Waals surface area contributed by atoms with Gasteiger partial charge in [0, 0.05) is 16.9 Å². The Hall–Kier alpha value is -0.880. The van der Waals surface area contributed by atoms with Gasteiger partial charge in [-0.3, -0.25) is 9.36 Å². The Bertz CT molecular complexity index is 650. The molecule has 0 aliphatic carbocycles. The molecule has 0 aliphatic rings. The Morgan fingerprint density at radius 1 is 1.35 bits per heavy atom. The second kappa shape index (κ2) is 6.26. The van der Waals surface area contributed by atoms with Gasteiger partial charge in [0.15, 0.2) is 5.16 Å². The summed E-state index contributed by atoms with van der Waals surface area (Å²) in [6, 6.07) is 3.16. The number of hydrogen-bond acceptors (Lipinski definition) is 3. The van der Waals surface area contributed by atoms with Gasteiger partial charge in [-0.05, 0) is 19.1 Å². The van der Waals surface area contributed by atoms with Crippen molar-refractivity contribution in [3.63, 3.8) is 0 Å². The normalized spacial score (nSPS) is 10.8. The summed E-state index contributed by atoms with van der Waals surface area (Å²) in [7, 11) is 0. The smallest absolute Gasteiger partial charge is 0.313 e. The molecule has 2 aromatic rings. The van der Waals surface area contributed by atoms with Crippen LogP contribution in [-0.2, 0) is 4.79 Å². The maximum Gasteiger partial charge on any atom is 0.313 e. The van der Waals surface area contributed by atoms with Gasteiger partial charge in [0.2, 0.25) is 0 Å². The fourth-order valence-corrected chi connectivity index (χ4v) is 3.39. The molecule has 8 heteroatoms. The van der Waals surface area contributed by atoms with E-state index < -0.39 is 5.97 Å². The van der Waals surface area contributed by atoms with Gasteiger partial charge < -0.3 is 5.11 Å². The molecule has 0 saturated carbocycles. The van der Waals surface area contributed by atoms with E-state index in [1.807, 2.05) is 6.92 Å². The topological polar surface area (TPSA) is 55.1 Å². The Morgan fingerprint density at radius 3 is 2.50 bits per heavy atom. The summed E-state index contributed by atoms with van der Waals surface area (Å²) in [6.45, 7) is 1.83. The average molecular weight is 352 g/mol. The number of aliphatic carboxylic acids is 1. The van der Waals surface area contributed by atoms with Gasteiger partial charge in [-0.1, -0.05) is 46.6 Å². The third-order valence-corrected chi connectivity index (χ3v) is 4.17. The van der Waals surface area contributed by atoms with Crippen molar-refractivity contribution in [3.8, 4) is 5.69 Å². The van der Waals surface area contributed by atoms with E-state index in [2.05, 4.69) is 4.98 Å². The van der Waals surface area contributed by atoms with Crippen molar-refractivity contribution in [3.05, 3.63) is 39.1 Å². The van der Waals surface area contributed by atoms with E-state index in [0.29, 0.717) is 25.9 Å². The summed E-state index contributed by atoms with van der Waals surface area (Å²) in [4.78, 5) is 14.9. The minimum absolute atomic E-state index is 0.0979. The molecular weight excluding hydrogens is 343 g/mol. The molecule has 4 nitrogen and oxygen atoms in total. The minimum Gasteiger partial charge on any atom is -0.481 e. The van der Waals surface area contributed by atoms with Crippen LogP contribution in [0.4, 0.5) is 0 Å². The van der Waals surface area contributed by atoms with Crippen LogP contribution >= 0.6 is 46.6 Å². The zero-order valence-corrected chi connectivity index (χ0v) is 13.3. The van der Waals surface area contributed by atoms with Gasteiger partial charge in [0.1, 0.15) is 0 Å². The first kappa shape index (κ1) is 15.5. The molecule has 0 aliphatic heterocycles. The second-order valence-electron chi connectivity index (χ2n) is 3.92. The van der Waals surface area contributed by atoms with Crippen LogP contribution in [0.1, 0.15) is 5.69 Å². The predicted octanol–water partition coefficient (Wildman–Crippen LogP) is 4.32. The summed E-state index contributed by atoms with van der Waals surface area (Å²) < 4.78 is 1.72. The van der Waals surface area contributed by atoms with Crippen LogP contribution in [0, 0.1) is 6.92 Å². The zero-order valence-electron chi connectivity index (χ0n) is 10.2. The molecular formula is C12H9Cl3N2O2S. The number of rotatable bonds is 4. The molecule has 0 unspecified atom stereocenters. The first-order chi connectivity index (χ1) is 9.40. The van der Waals surface area contributed by atoms with Crippen molar-refractivity contribution in [2.24, 2.45) is 0 Å². The molecule has 0 amide bonds. The SMILES string of the molecule is Cc1cnc(SCC(=O)O)n1-c1c(Cl)cc(Cl)cc1Cl. The van der Waals surface area contributed by atoms with Crippen molar-refractivity contribution in [1.29, 1.82) is 0 Å². The molecule has 106 valence electrons. The molecule has 1 N–H and O–H groups in total. The van der Waals surface area contributed by atoms with Crippen LogP contribution in [0.5, 0.6) is 0 Å². The van der Waals surface area contributed by atoms with E-state index in [9.17, 15) is 4.79 Å². The van der Waals surface area contributed by atoms with E-state index in [1.165, 1.54) is 0 Å². The largest absolute Gasteiger partial charge is 0.481 e. The number of carbonyl (C=O) groups is 1. The Labute approximate surface area is 134 Å². The van der Waals surface area contributed by atoms with Crippen LogP contribution in [0.3, 0.4) is 0 Å². The fourth-order valence-electron chi connectivity index (χ4n) is 1.66. The lowest BCUT2D eigenvalue weighted by Gasteiger charge is -2.13. The van der Waals surface area contributed by atoms with Crippen molar-refractivity contribution in [2.45, 2.75) is 12.1 Å². The second-order valence-corrected chi connectivity index (χ2v) is 6.11. The van der Waals surface area contributed by atoms with E-state index >= 15 is 0 Å². The van der Waals surface area contributed by atoms with Gasteiger partial charge in [-0.2, -0.15) is 0 Å². The van der Waals surface area contributed by atoms with Crippen molar-refractivity contribution in [2.75, 3.05) is 5.75 Å². The Kier molecular flexibility index (Phi) is 4.86. The van der Waals surface area contributed by atoms with Crippen molar-refractivity contribution in [1.82, 2.24) is 9.55 Å². The molecule has 0 radical (unpaired) electrons. The highest BCUT2D eigenvalue weighted by Crippen LogP contribution is 2.35. The first-order valence-electron chi connectivity index (χ1n) is 5.44. The lowest BCUT2D eigenvalue weighted by atomic mass is 10.3. The summed E-state index contributed by atoms with van der Waals surface area (Å²) in [5, 5.41) is 10.5. The van der Waals surface area contributed by atoms with E-state index in [1.54, 1.807) is 22.9 Å². The maximum atomic E-state index is 10.7. The van der Waals surface area contributed by atoms with Crippen molar-refractivity contribution < 1.29 is 9.90 Å². The molecule has 1 aromatic carbocycles. The van der Waals surface area contributed by atoms with Gasteiger partial charge in [0.25, 0.3) is 0 Å². The Balaban J connectivity index is 2.52. The number of nitrogens with zero attached hydrogens (tertiary/aromatic N) is 2. The molecule has 1 aromatic heterocycles. The molecule has 1 heterocycles. The monoisotopic (exact) mass is 350 g/mol. The number of carboxylic acids is 1. The van der Waals surface area contributed by atoms with E-state index in [-0.39, 0.29) is 5.75 Å². The van der Waals surface area contributed by atoms with Gasteiger partial charge in [-0.15, -0.1) is 0 Å². The summed E-state index contributed by atoms with van der Waals surface area (Å²) >= 11 is 19.4. The zero-order chi connectivity index (χ0) is 14.9. The Morgan fingerprint density at radius 2 is 1.95 bits per heavy atom. The summed E-state index contributed by atoms with van der Waals surface area (Å²) in [6.07, 6.45) is 1.63. The number of carboxylic acid groups (broad SMARTS) is 1. The fraction of sp³-hybridized carbons (Fsp3) is 0.167. The number of benzene rings is 1. The third kappa shape index (κ3) is 3.23. The van der Waals surface area contributed by atoms with Crippen LogP contribution in [0.25, 0.3) is 5.69 Å². The average Bonchev–Trinajstić information content (AvgIpc) is 2.67. The molecule has 0 spiro atoms. The maximum absolute atomic E-state index is 10.7. The van der Waals surface area contributed by atoms with E-state index in [4.69, 9.17) is 39.9 Å². The van der Waals surface area contributed by atoms with Crippen LogP contribution < -0.4 is 0 Å². The number of imidazole rings is 1. The van der Waals surface area contributed by atoms with Gasteiger partial charge in [0.05, 0.1) is 21.5 Å².